The molecule has 0 unspecified atom stereocenters. The van der Waals surface area contributed by atoms with Gasteiger partial charge in [-0.1, -0.05) is 6.07 Å². The molecule has 0 aromatic heterocycles. The summed E-state index contributed by atoms with van der Waals surface area (Å²) in [5.41, 5.74) is 2.71. The highest BCUT2D eigenvalue weighted by atomic mass is 16.7. The quantitative estimate of drug-likeness (QED) is 0.435. The monoisotopic (exact) mass is 531 g/mol. The van der Waals surface area contributed by atoms with Gasteiger partial charge in [0, 0.05) is 30.7 Å². The lowest BCUT2D eigenvalue weighted by atomic mass is 9.97. The molecule has 0 N–H and O–H groups in total. The van der Waals surface area contributed by atoms with Gasteiger partial charge >= 0.3 is 0 Å². The molecule has 10 heteroatoms. The number of carbonyl (C=O) groups is 2. The normalized spacial score (nSPS) is 15.5. The molecule has 2 amide bonds. The number of fused-ring (bicyclic) bond motifs is 1. The lowest BCUT2D eigenvalue weighted by Crippen LogP contribution is -2.39. The summed E-state index contributed by atoms with van der Waals surface area (Å²) >= 11 is 0. The van der Waals surface area contributed by atoms with E-state index in [-0.39, 0.29) is 25.2 Å². The summed E-state index contributed by atoms with van der Waals surface area (Å²) in [7, 11) is 6.31. The second-order valence-electron chi connectivity index (χ2n) is 9.07. The highest BCUT2D eigenvalue weighted by molar-refractivity contribution is 6.05. The molecule has 0 bridgehead atoms. The molecule has 0 saturated carbocycles. The summed E-state index contributed by atoms with van der Waals surface area (Å²) < 4.78 is 27.1. The fourth-order valence-corrected chi connectivity index (χ4v) is 4.62. The smallest absolute Gasteiger partial charge is 0.262 e. The van der Waals surface area contributed by atoms with Gasteiger partial charge in [-0.15, -0.1) is 0 Å². The minimum Gasteiger partial charge on any atom is -0.497 e. The van der Waals surface area contributed by atoms with E-state index >= 15 is 0 Å². The van der Waals surface area contributed by atoms with E-state index in [0.29, 0.717) is 46.4 Å². The van der Waals surface area contributed by atoms with Gasteiger partial charge in [-0.25, -0.2) is 5.01 Å². The van der Waals surface area contributed by atoms with E-state index < -0.39 is 6.04 Å². The molecule has 39 heavy (non-hydrogen) atoms. The molecule has 2 heterocycles. The fraction of sp³-hybridized carbons (Fsp3) is 0.276. The number of likely N-dealkylation sites (N-methyl/N-ethyl adjacent to an activating group) is 1. The number of amides is 2. The number of methoxy groups -OCH3 is 3. The third kappa shape index (κ3) is 5.18. The van der Waals surface area contributed by atoms with Crippen LogP contribution in [0.5, 0.6) is 28.7 Å². The molecule has 3 aromatic rings. The van der Waals surface area contributed by atoms with E-state index in [1.54, 1.807) is 58.7 Å². The van der Waals surface area contributed by atoms with Crippen LogP contribution in [0.1, 0.15) is 33.9 Å². The number of nitrogens with zero attached hydrogens (tertiary/aromatic N) is 3. The Hall–Kier alpha value is -4.73. The molecule has 10 nitrogen and oxygen atoms in total. The highest BCUT2D eigenvalue weighted by Crippen LogP contribution is 2.40. The Balaban J connectivity index is 1.43. The lowest BCUT2D eigenvalue weighted by molar-refractivity contribution is -0.133. The number of hydrogen-bond acceptors (Lipinski definition) is 8. The zero-order valence-corrected chi connectivity index (χ0v) is 22.2. The van der Waals surface area contributed by atoms with Crippen LogP contribution in [0.4, 0.5) is 0 Å². The van der Waals surface area contributed by atoms with E-state index in [2.05, 4.69) is 0 Å². The molecule has 0 saturated heterocycles. The SMILES string of the molecule is COc1ccc(C(=O)N(C)CC(=O)N2N=C(c3ccc(OC)cc3OC)C[C@@H]2c2ccc3c(c2)OCO3)cc1. The second kappa shape index (κ2) is 10.9. The van der Waals surface area contributed by atoms with Crippen LogP contribution in [-0.2, 0) is 4.79 Å². The molecule has 0 fully saturated rings. The Kier molecular flexibility index (Phi) is 7.27. The van der Waals surface area contributed by atoms with Crippen LogP contribution in [0.3, 0.4) is 0 Å². The number of hydrazone groups is 1. The van der Waals surface area contributed by atoms with Gasteiger partial charge in [0.25, 0.3) is 11.8 Å². The van der Waals surface area contributed by atoms with Crippen LogP contribution >= 0.6 is 0 Å². The molecule has 0 aliphatic carbocycles. The van der Waals surface area contributed by atoms with Gasteiger partial charge in [0.2, 0.25) is 6.79 Å². The summed E-state index contributed by atoms with van der Waals surface area (Å²) in [5, 5.41) is 6.17. The average Bonchev–Trinajstić information content (AvgIpc) is 3.63. The van der Waals surface area contributed by atoms with Gasteiger partial charge in [0.1, 0.15) is 23.8 Å². The molecular formula is C29H29N3O7. The van der Waals surface area contributed by atoms with E-state index in [9.17, 15) is 9.59 Å². The first-order valence-corrected chi connectivity index (χ1v) is 12.3. The molecule has 3 aromatic carbocycles. The molecule has 202 valence electrons. The van der Waals surface area contributed by atoms with Crippen molar-refractivity contribution in [3.63, 3.8) is 0 Å². The Morgan fingerprint density at radius 1 is 0.923 bits per heavy atom. The summed E-state index contributed by atoms with van der Waals surface area (Å²) in [6.07, 6.45) is 0.435. The van der Waals surface area contributed by atoms with E-state index in [0.717, 1.165) is 11.1 Å². The van der Waals surface area contributed by atoms with Crippen molar-refractivity contribution in [2.45, 2.75) is 12.5 Å². The maximum absolute atomic E-state index is 13.6. The molecule has 0 spiro atoms. The first-order valence-electron chi connectivity index (χ1n) is 12.3. The van der Waals surface area contributed by atoms with Gasteiger partial charge in [-0.05, 0) is 54.1 Å². The van der Waals surface area contributed by atoms with Gasteiger partial charge in [0.15, 0.2) is 11.5 Å². The van der Waals surface area contributed by atoms with Crippen LogP contribution in [0, 0.1) is 0 Å². The number of carbonyl (C=O) groups excluding carboxylic acids is 2. The highest BCUT2D eigenvalue weighted by Gasteiger charge is 2.35. The molecule has 1 atom stereocenters. The van der Waals surface area contributed by atoms with Gasteiger partial charge in [-0.2, -0.15) is 5.10 Å². The first-order chi connectivity index (χ1) is 18.9. The zero-order chi connectivity index (χ0) is 27.5. The van der Waals surface area contributed by atoms with Crippen molar-refractivity contribution in [1.82, 2.24) is 9.91 Å². The second-order valence-corrected chi connectivity index (χ2v) is 9.07. The van der Waals surface area contributed by atoms with Crippen molar-refractivity contribution in [2.24, 2.45) is 5.10 Å². The predicted octanol–water partition coefficient (Wildman–Crippen LogP) is 3.89. The average molecular weight is 532 g/mol. The molecule has 0 radical (unpaired) electrons. The van der Waals surface area contributed by atoms with Gasteiger partial charge in [-0.3, -0.25) is 9.59 Å². The Bertz CT molecular complexity index is 1420. The van der Waals surface area contributed by atoms with Crippen molar-refractivity contribution in [3.8, 4) is 28.7 Å². The minimum atomic E-state index is -0.418. The van der Waals surface area contributed by atoms with Crippen LogP contribution in [0.2, 0.25) is 0 Å². The number of benzene rings is 3. The lowest BCUT2D eigenvalue weighted by Gasteiger charge is -2.25. The molecular weight excluding hydrogens is 502 g/mol. The van der Waals surface area contributed by atoms with Crippen LogP contribution in [-0.4, -0.2) is 69.1 Å². The maximum atomic E-state index is 13.6. The standard InChI is InChI=1S/C29H29N3O7/c1-31(29(34)18-5-8-20(35-2)9-6-18)16-28(33)32-24(19-7-12-25-27(13-19)39-17-38-25)15-23(30-32)22-11-10-21(36-3)14-26(22)37-4/h5-14,24H,15-17H2,1-4H3/t24-/m1/s1. The summed E-state index contributed by atoms with van der Waals surface area (Å²) in [6, 6.07) is 17.4. The van der Waals surface area contributed by atoms with Gasteiger partial charge < -0.3 is 28.6 Å². The van der Waals surface area contributed by atoms with Crippen molar-refractivity contribution < 1.29 is 33.3 Å². The van der Waals surface area contributed by atoms with Crippen molar-refractivity contribution in [1.29, 1.82) is 0 Å². The number of ether oxygens (including phenoxy) is 5. The molecule has 2 aliphatic rings. The van der Waals surface area contributed by atoms with Crippen LogP contribution in [0.15, 0.2) is 65.8 Å². The first kappa shape index (κ1) is 25.9. The summed E-state index contributed by atoms with van der Waals surface area (Å²) in [6.45, 7) is -0.0163. The van der Waals surface area contributed by atoms with Crippen LogP contribution in [0.25, 0.3) is 0 Å². The summed E-state index contributed by atoms with van der Waals surface area (Å²) in [4.78, 5) is 28.0. The van der Waals surface area contributed by atoms with Gasteiger partial charge in [0.05, 0.1) is 33.1 Å². The fourth-order valence-electron chi connectivity index (χ4n) is 4.62. The van der Waals surface area contributed by atoms with E-state index in [4.69, 9.17) is 28.8 Å². The number of hydrogen-bond donors (Lipinski definition) is 0. The predicted molar refractivity (Wildman–Crippen MR) is 143 cm³/mol. The Morgan fingerprint density at radius 3 is 2.36 bits per heavy atom. The van der Waals surface area contributed by atoms with Crippen LogP contribution < -0.4 is 23.7 Å². The molecule has 5 rings (SSSR count). The maximum Gasteiger partial charge on any atom is 0.262 e. The van der Waals surface area contributed by atoms with Crippen molar-refractivity contribution in [2.75, 3.05) is 41.7 Å². The zero-order valence-electron chi connectivity index (χ0n) is 22.2. The van der Waals surface area contributed by atoms with Crippen molar-refractivity contribution in [3.05, 3.63) is 77.4 Å². The topological polar surface area (TPSA) is 99.1 Å². The minimum absolute atomic E-state index is 0.148. The summed E-state index contributed by atoms with van der Waals surface area (Å²) in [5.74, 6) is 2.52. The van der Waals surface area contributed by atoms with Crippen molar-refractivity contribution >= 4 is 17.5 Å². The Labute approximate surface area is 226 Å². The molecule has 2 aliphatic heterocycles. The Morgan fingerprint density at radius 2 is 1.64 bits per heavy atom. The van der Waals surface area contributed by atoms with E-state index in [1.165, 1.54) is 9.91 Å². The van der Waals surface area contributed by atoms with E-state index in [1.807, 2.05) is 30.3 Å². The third-order valence-corrected chi connectivity index (χ3v) is 6.72. The third-order valence-electron chi connectivity index (χ3n) is 6.72. The number of rotatable bonds is 8. The largest absolute Gasteiger partial charge is 0.497 e.